The molecule has 2 N–H and O–H groups in total. The molecule has 2 heterocycles. The molecule has 0 saturated carbocycles. The highest BCUT2D eigenvalue weighted by molar-refractivity contribution is 6.74. The summed E-state index contributed by atoms with van der Waals surface area (Å²) < 4.78 is 27.1. The quantitative estimate of drug-likeness (QED) is 0.0995. The Kier molecular flexibility index (Phi) is 11.4. The molecule has 0 saturated heterocycles. The Labute approximate surface area is 294 Å². The highest BCUT2D eigenvalue weighted by atomic mass is 28.4. The molecule has 0 radical (unpaired) electrons. The first-order valence-electron chi connectivity index (χ1n) is 17.0. The minimum absolute atomic E-state index is 0.0679. The van der Waals surface area contributed by atoms with Crippen LogP contribution in [0.25, 0.3) is 11.8 Å². The van der Waals surface area contributed by atoms with E-state index in [1.54, 1.807) is 24.4 Å². The molecular formula is C39H45FN4O5Si. The van der Waals surface area contributed by atoms with Crippen molar-refractivity contribution in [2.45, 2.75) is 71.0 Å². The fraction of sp³-hybridized carbons (Fsp3) is 0.333. The molecule has 11 heteroatoms. The van der Waals surface area contributed by atoms with Gasteiger partial charge in [-0.05, 0) is 84.6 Å². The fourth-order valence-corrected chi connectivity index (χ4v) is 6.26. The number of hydrogen-bond donors (Lipinski definition) is 2. The molecule has 9 nitrogen and oxygen atoms in total. The summed E-state index contributed by atoms with van der Waals surface area (Å²) in [6.07, 6.45) is 5.88. The maximum Gasteiger partial charge on any atom is 0.404 e. The molecule has 2 aliphatic rings. The van der Waals surface area contributed by atoms with Crippen molar-refractivity contribution >= 4 is 43.6 Å². The smallest absolute Gasteiger partial charge is 0.404 e. The monoisotopic (exact) mass is 696 g/mol. The highest BCUT2D eigenvalue weighted by Gasteiger charge is 2.39. The van der Waals surface area contributed by atoms with Gasteiger partial charge >= 0.3 is 6.09 Å². The minimum Gasteiger partial charge on any atom is -0.544 e. The largest absolute Gasteiger partial charge is 0.544 e. The number of amides is 2. The van der Waals surface area contributed by atoms with Gasteiger partial charge in [0.05, 0.1) is 18.0 Å². The summed E-state index contributed by atoms with van der Waals surface area (Å²) in [5, 5.41) is 11.0. The van der Waals surface area contributed by atoms with Crippen LogP contribution >= 0.6 is 0 Å². The summed E-state index contributed by atoms with van der Waals surface area (Å²) >= 11 is 0. The first-order chi connectivity index (χ1) is 23.8. The van der Waals surface area contributed by atoms with E-state index >= 15 is 4.39 Å². The van der Waals surface area contributed by atoms with Gasteiger partial charge in [-0.3, -0.25) is 9.69 Å². The lowest BCUT2D eigenvalue weighted by Crippen LogP contribution is -2.43. The van der Waals surface area contributed by atoms with Gasteiger partial charge < -0.3 is 19.6 Å². The number of benzene rings is 3. The number of hydrogen-bond acceptors (Lipinski definition) is 6. The Bertz CT molecular complexity index is 1830. The zero-order chi connectivity index (χ0) is 35.9. The van der Waals surface area contributed by atoms with Crippen molar-refractivity contribution < 1.29 is 28.2 Å². The van der Waals surface area contributed by atoms with Crippen molar-refractivity contribution in [2.24, 2.45) is 9.98 Å². The summed E-state index contributed by atoms with van der Waals surface area (Å²) in [6.45, 7) is 11.8. The van der Waals surface area contributed by atoms with Crippen LogP contribution in [0.3, 0.4) is 0 Å². The van der Waals surface area contributed by atoms with E-state index < -0.39 is 20.2 Å². The predicted molar refractivity (Wildman–Crippen MR) is 198 cm³/mol. The number of ether oxygens (including phenoxy) is 1. The molecule has 0 bridgehead atoms. The summed E-state index contributed by atoms with van der Waals surface area (Å²) in [4.78, 5) is 35.5. The van der Waals surface area contributed by atoms with Crippen molar-refractivity contribution in [3.05, 3.63) is 107 Å². The van der Waals surface area contributed by atoms with E-state index in [4.69, 9.17) is 24.3 Å². The molecule has 3 aromatic carbocycles. The predicted octanol–water partition coefficient (Wildman–Crippen LogP) is 8.69. The SMILES string of the molecule is CC(C)(C)[Si](C)(C)Oc1ccc(C2=CN3C(=O)/C(=C/c4ccc(OCCCCCCNC(=O)O)c(F)c4)N=C3C(Cc3ccccc3)=N2)cc1. The second kappa shape index (κ2) is 15.7. The first-order valence-corrected chi connectivity index (χ1v) is 19.9. The summed E-state index contributed by atoms with van der Waals surface area (Å²) in [7, 11) is -2.01. The van der Waals surface area contributed by atoms with Crippen molar-refractivity contribution in [1.82, 2.24) is 10.2 Å². The lowest BCUT2D eigenvalue weighted by molar-refractivity contribution is -0.120. The topological polar surface area (TPSA) is 113 Å². The maximum atomic E-state index is 15.0. The number of carbonyl (C=O) groups is 2. The van der Waals surface area contributed by atoms with Gasteiger partial charge in [0, 0.05) is 24.7 Å². The molecule has 0 atom stereocenters. The standard InChI is InChI=1S/C39H45FN4O5Si/c1-39(2,3)50(4,5)49-30-18-16-29(17-19-30)34-26-44-36(32(42-34)24-27-13-9-8-10-14-27)43-33(37(44)45)25-28-15-20-35(31(40)23-28)48-22-12-7-6-11-21-41-38(46)47/h8-10,13-20,23,25-26,41H,6-7,11-12,21-22,24H2,1-5H3,(H,46,47)/b33-25-. The molecule has 2 aliphatic heterocycles. The van der Waals surface area contributed by atoms with Crippen LogP contribution in [0.1, 0.15) is 63.1 Å². The molecule has 3 aromatic rings. The van der Waals surface area contributed by atoms with Gasteiger partial charge in [-0.2, -0.15) is 0 Å². The maximum absolute atomic E-state index is 15.0. The second-order valence-electron chi connectivity index (χ2n) is 13.9. The summed E-state index contributed by atoms with van der Waals surface area (Å²) in [5.74, 6) is 0.532. The Morgan fingerprint density at radius 1 is 0.980 bits per heavy atom. The van der Waals surface area contributed by atoms with E-state index in [0.29, 0.717) is 42.4 Å². The number of carboxylic acid groups (broad SMARTS) is 1. The van der Waals surface area contributed by atoms with Crippen molar-refractivity contribution in [2.75, 3.05) is 13.2 Å². The van der Waals surface area contributed by atoms with Gasteiger partial charge in [0.1, 0.15) is 11.4 Å². The van der Waals surface area contributed by atoms with Gasteiger partial charge in [0.25, 0.3) is 5.91 Å². The van der Waals surface area contributed by atoms with Crippen LogP contribution in [0, 0.1) is 5.82 Å². The molecule has 0 unspecified atom stereocenters. The van der Waals surface area contributed by atoms with E-state index in [0.717, 1.165) is 42.6 Å². The van der Waals surface area contributed by atoms with Gasteiger partial charge in [-0.1, -0.05) is 70.0 Å². The number of aliphatic imine (C=N–C) groups is 2. The number of nitrogens with one attached hydrogen (secondary N) is 1. The van der Waals surface area contributed by atoms with Crippen LogP contribution in [0.2, 0.25) is 18.1 Å². The molecule has 5 rings (SSSR count). The van der Waals surface area contributed by atoms with Crippen LogP contribution in [0.4, 0.5) is 9.18 Å². The molecule has 262 valence electrons. The molecule has 2 amide bonds. The zero-order valence-corrected chi connectivity index (χ0v) is 30.3. The Morgan fingerprint density at radius 2 is 1.70 bits per heavy atom. The molecule has 0 spiro atoms. The lowest BCUT2D eigenvalue weighted by atomic mass is 10.0. The van der Waals surface area contributed by atoms with Crippen LogP contribution in [-0.2, 0) is 11.2 Å². The minimum atomic E-state index is -2.01. The average Bonchev–Trinajstić information content (AvgIpc) is 3.38. The highest BCUT2D eigenvalue weighted by Crippen LogP contribution is 2.38. The van der Waals surface area contributed by atoms with Crippen LogP contribution < -0.4 is 14.5 Å². The van der Waals surface area contributed by atoms with E-state index in [1.165, 1.54) is 11.0 Å². The second-order valence-corrected chi connectivity index (χ2v) is 18.7. The number of rotatable bonds is 14. The average molecular weight is 697 g/mol. The molecule has 0 aliphatic carbocycles. The number of unbranched alkanes of at least 4 members (excludes halogenated alkanes) is 3. The van der Waals surface area contributed by atoms with E-state index in [9.17, 15) is 9.59 Å². The third kappa shape index (κ3) is 9.14. The number of carbonyl (C=O) groups excluding carboxylic acids is 1. The van der Waals surface area contributed by atoms with Gasteiger partial charge in [-0.15, -0.1) is 0 Å². The third-order valence-electron chi connectivity index (χ3n) is 9.07. The van der Waals surface area contributed by atoms with Crippen LogP contribution in [-0.4, -0.2) is 55.0 Å². The molecule has 0 fully saturated rings. The van der Waals surface area contributed by atoms with Crippen molar-refractivity contribution in [1.29, 1.82) is 0 Å². The van der Waals surface area contributed by atoms with Gasteiger partial charge in [-0.25, -0.2) is 19.2 Å². The lowest BCUT2D eigenvalue weighted by Gasteiger charge is -2.36. The number of halogens is 1. The Morgan fingerprint density at radius 3 is 2.38 bits per heavy atom. The Hall–Kier alpha value is -5.03. The number of fused-ring (bicyclic) bond motifs is 1. The van der Waals surface area contributed by atoms with Crippen LogP contribution in [0.15, 0.2) is 94.7 Å². The zero-order valence-electron chi connectivity index (χ0n) is 29.3. The number of nitrogens with zero attached hydrogens (tertiary/aromatic N) is 3. The fourth-order valence-electron chi connectivity index (χ4n) is 5.23. The first kappa shape index (κ1) is 36.3. The third-order valence-corrected chi connectivity index (χ3v) is 13.4. The Balaban J connectivity index is 1.31. The van der Waals surface area contributed by atoms with Crippen LogP contribution in [0.5, 0.6) is 11.5 Å². The summed E-state index contributed by atoms with van der Waals surface area (Å²) in [5.41, 5.74) is 3.83. The molecule has 50 heavy (non-hydrogen) atoms. The molecular weight excluding hydrogens is 652 g/mol. The normalized spacial score (nSPS) is 15.3. The van der Waals surface area contributed by atoms with E-state index in [-0.39, 0.29) is 22.4 Å². The summed E-state index contributed by atoms with van der Waals surface area (Å²) in [6, 6.07) is 22.3. The molecule has 0 aromatic heterocycles. The number of amidine groups is 1. The van der Waals surface area contributed by atoms with Crippen molar-refractivity contribution in [3.8, 4) is 11.5 Å². The van der Waals surface area contributed by atoms with E-state index in [1.807, 2.05) is 54.6 Å². The van der Waals surface area contributed by atoms with Crippen molar-refractivity contribution in [3.63, 3.8) is 0 Å². The van der Waals surface area contributed by atoms with E-state index in [2.05, 4.69) is 39.2 Å². The van der Waals surface area contributed by atoms with Gasteiger partial charge in [0.2, 0.25) is 8.32 Å². The van der Waals surface area contributed by atoms with Gasteiger partial charge in [0.15, 0.2) is 17.4 Å².